The molecule has 65 valence electrons. The molecule has 6 heteroatoms. The lowest BCUT2D eigenvalue weighted by molar-refractivity contribution is -0.138. The molecule has 0 saturated heterocycles. The van der Waals surface area contributed by atoms with Crippen LogP contribution in [0, 0.1) is 0 Å². The molecular weight excluding hydrogens is 177 g/mol. The molecule has 1 aromatic heterocycles. The fourth-order valence-corrected chi connectivity index (χ4v) is 0.715. The van der Waals surface area contributed by atoms with Crippen molar-refractivity contribution in [1.82, 2.24) is 9.97 Å². The van der Waals surface area contributed by atoms with Crippen LogP contribution < -0.4 is 5.73 Å². The number of nitrogens with two attached hydrogens (primary N) is 1. The molecule has 4 N–H and O–H groups in total. The number of aromatic amines is 1. The van der Waals surface area contributed by atoms with Gasteiger partial charge in [-0.25, -0.2) is 4.98 Å². The summed E-state index contributed by atoms with van der Waals surface area (Å²) in [7, 11) is 0. The minimum absolute atomic E-state index is 0. The number of imidazole rings is 1. The van der Waals surface area contributed by atoms with Crippen molar-refractivity contribution in [1.29, 1.82) is 0 Å². The van der Waals surface area contributed by atoms with Crippen LogP contribution in [0.4, 0.5) is 0 Å². The number of rotatable bonds is 3. The van der Waals surface area contributed by atoms with Crippen molar-refractivity contribution < 1.29 is 9.90 Å². The van der Waals surface area contributed by atoms with Gasteiger partial charge in [0.1, 0.15) is 6.04 Å². The van der Waals surface area contributed by atoms with E-state index in [1.807, 2.05) is 0 Å². The van der Waals surface area contributed by atoms with Crippen LogP contribution in [0.2, 0.25) is 0 Å². The van der Waals surface area contributed by atoms with Gasteiger partial charge in [-0.2, -0.15) is 0 Å². The molecule has 1 aromatic rings. The third kappa shape index (κ3) is 2.98. The zero-order valence-electron chi connectivity index (χ0n) is 6.27. The minimum Gasteiger partial charge on any atom is -0.480 e. The lowest BCUT2D eigenvalue weighted by atomic mass is 10.2. The molecule has 5 nitrogen and oxygen atoms in total. The van der Waals surface area contributed by atoms with Crippen LogP contribution in [0.1, 0.15) is 5.69 Å². The number of carboxylic acid groups (broad SMARTS) is 1. The van der Waals surface area contributed by atoms with E-state index in [0.717, 1.165) is 0 Å². The lowest BCUT2D eigenvalue weighted by Gasteiger charge is -2.01. The van der Waals surface area contributed by atoms with Gasteiger partial charge in [0, 0.05) is 22.5 Å². The molecule has 0 aliphatic heterocycles. The van der Waals surface area contributed by atoms with Gasteiger partial charge in [-0.05, 0) is 0 Å². The van der Waals surface area contributed by atoms with E-state index in [9.17, 15) is 4.79 Å². The molecule has 0 spiro atoms. The van der Waals surface area contributed by atoms with Crippen LogP contribution in [-0.4, -0.2) is 27.1 Å². The quantitative estimate of drug-likeness (QED) is 0.589. The first-order chi connectivity index (χ1) is 5.20. The number of nitrogens with one attached hydrogen (secondary N) is 1. The van der Waals surface area contributed by atoms with E-state index in [0.29, 0.717) is 5.69 Å². The molecule has 1 heterocycles. The number of nitrogens with zero attached hydrogens (tertiary/aromatic N) is 1. The van der Waals surface area contributed by atoms with Gasteiger partial charge in [-0.3, -0.25) is 4.79 Å². The Morgan fingerprint density at radius 1 is 1.83 bits per heavy atom. The number of aliphatic carboxylic acids is 1. The largest absolute Gasteiger partial charge is 0.480 e. The molecule has 0 unspecified atom stereocenters. The SMILES string of the molecule is N[C@@H](Cc1c[nH]cn1)C(=O)O.[P]. The van der Waals surface area contributed by atoms with Gasteiger partial charge in [0.15, 0.2) is 0 Å². The molecule has 0 aliphatic rings. The van der Waals surface area contributed by atoms with Crippen molar-refractivity contribution in [3.05, 3.63) is 18.2 Å². The van der Waals surface area contributed by atoms with Gasteiger partial charge in [-0.1, -0.05) is 0 Å². The summed E-state index contributed by atoms with van der Waals surface area (Å²) in [4.78, 5) is 16.8. The average molecular weight is 186 g/mol. The summed E-state index contributed by atoms with van der Waals surface area (Å²) < 4.78 is 0. The van der Waals surface area contributed by atoms with Crippen LogP contribution in [0.3, 0.4) is 0 Å². The molecule has 0 aliphatic carbocycles. The second-order valence-corrected chi connectivity index (χ2v) is 2.21. The molecule has 12 heavy (non-hydrogen) atoms. The smallest absolute Gasteiger partial charge is 0.320 e. The summed E-state index contributed by atoms with van der Waals surface area (Å²) in [6.07, 6.45) is 3.38. The molecule has 1 rings (SSSR count). The standard InChI is InChI=1S/C6H9N3O2.P/c7-5(6(10)11)1-4-2-8-3-9-4;/h2-3,5H,1,7H2,(H,8,9)(H,10,11);/t5-;/m0./s1. The Bertz CT molecular complexity index is 237. The van der Waals surface area contributed by atoms with E-state index in [2.05, 4.69) is 9.97 Å². The number of carbonyl (C=O) groups is 1. The highest BCUT2D eigenvalue weighted by atomic mass is 31.0. The van der Waals surface area contributed by atoms with E-state index < -0.39 is 12.0 Å². The molecule has 3 radical (unpaired) electrons. The lowest BCUT2D eigenvalue weighted by Crippen LogP contribution is -2.32. The number of H-pyrrole nitrogens is 1. The maximum atomic E-state index is 10.3. The third-order valence-electron chi connectivity index (χ3n) is 1.30. The topological polar surface area (TPSA) is 92.0 Å². The summed E-state index contributed by atoms with van der Waals surface area (Å²) >= 11 is 0. The Morgan fingerprint density at radius 3 is 2.92 bits per heavy atom. The normalized spacial score (nSPS) is 11.8. The van der Waals surface area contributed by atoms with Crippen molar-refractivity contribution in [3.63, 3.8) is 0 Å². The maximum absolute atomic E-state index is 10.3. The number of aromatic nitrogens is 2. The average Bonchev–Trinajstić information content (AvgIpc) is 2.39. The molecule has 0 bridgehead atoms. The fraction of sp³-hybridized carbons (Fsp3) is 0.333. The molecule has 0 amide bonds. The minimum atomic E-state index is -1.01. The van der Waals surface area contributed by atoms with Gasteiger partial charge in [0.2, 0.25) is 0 Å². The maximum Gasteiger partial charge on any atom is 0.320 e. The molecule has 0 aromatic carbocycles. The highest BCUT2D eigenvalue weighted by Gasteiger charge is 2.12. The van der Waals surface area contributed by atoms with Gasteiger partial charge in [-0.15, -0.1) is 0 Å². The van der Waals surface area contributed by atoms with Gasteiger partial charge in [0.05, 0.1) is 12.0 Å². The van der Waals surface area contributed by atoms with E-state index in [4.69, 9.17) is 10.8 Å². The van der Waals surface area contributed by atoms with Crippen LogP contribution in [0.5, 0.6) is 0 Å². The highest BCUT2D eigenvalue weighted by Crippen LogP contribution is 1.95. The van der Waals surface area contributed by atoms with Crippen LogP contribution >= 0.6 is 9.90 Å². The molecular formula is C6H9N3O2P. The Balaban J connectivity index is 0.00000121. The first kappa shape index (κ1) is 11.1. The first-order valence-electron chi connectivity index (χ1n) is 3.16. The monoisotopic (exact) mass is 186 g/mol. The summed E-state index contributed by atoms with van der Waals surface area (Å²) in [5.41, 5.74) is 5.92. The Hall–Kier alpha value is -0.930. The number of carboxylic acids is 1. The second kappa shape index (κ2) is 4.85. The Morgan fingerprint density at radius 2 is 2.50 bits per heavy atom. The predicted octanol–water partition coefficient (Wildman–Crippen LogP) is 0.225. The van der Waals surface area contributed by atoms with Crippen molar-refractivity contribution in [2.45, 2.75) is 12.5 Å². The van der Waals surface area contributed by atoms with Crippen LogP contribution in [-0.2, 0) is 11.2 Å². The van der Waals surface area contributed by atoms with Crippen molar-refractivity contribution in [3.8, 4) is 0 Å². The number of hydrogen-bond acceptors (Lipinski definition) is 3. The van der Waals surface area contributed by atoms with Crippen molar-refractivity contribution >= 4 is 15.9 Å². The molecule has 0 fully saturated rings. The predicted molar refractivity (Wildman–Crippen MR) is 44.8 cm³/mol. The van der Waals surface area contributed by atoms with E-state index >= 15 is 0 Å². The van der Waals surface area contributed by atoms with Crippen LogP contribution in [0.15, 0.2) is 12.5 Å². The highest BCUT2D eigenvalue weighted by molar-refractivity contribution is 6.92. The summed E-state index contributed by atoms with van der Waals surface area (Å²) in [6.45, 7) is 0. The zero-order valence-corrected chi connectivity index (χ0v) is 7.16. The van der Waals surface area contributed by atoms with Gasteiger partial charge in [0.25, 0.3) is 0 Å². The number of hydrogen-bond donors (Lipinski definition) is 3. The van der Waals surface area contributed by atoms with Gasteiger partial charge < -0.3 is 15.8 Å². The van der Waals surface area contributed by atoms with E-state index in [-0.39, 0.29) is 16.3 Å². The second-order valence-electron chi connectivity index (χ2n) is 2.21. The Labute approximate surface area is 73.0 Å². The van der Waals surface area contributed by atoms with E-state index in [1.165, 1.54) is 6.33 Å². The summed E-state index contributed by atoms with van der Waals surface area (Å²) in [5.74, 6) is -1.01. The first-order valence-corrected chi connectivity index (χ1v) is 3.16. The third-order valence-corrected chi connectivity index (χ3v) is 1.30. The van der Waals surface area contributed by atoms with Crippen molar-refractivity contribution in [2.24, 2.45) is 5.73 Å². The summed E-state index contributed by atoms with van der Waals surface area (Å²) in [6, 6.07) is -0.863. The summed E-state index contributed by atoms with van der Waals surface area (Å²) in [5, 5.41) is 8.42. The molecule has 0 saturated carbocycles. The van der Waals surface area contributed by atoms with Gasteiger partial charge >= 0.3 is 5.97 Å². The van der Waals surface area contributed by atoms with Crippen LogP contribution in [0.25, 0.3) is 0 Å². The van der Waals surface area contributed by atoms with Crippen molar-refractivity contribution in [2.75, 3.05) is 0 Å². The Kier molecular flexibility index (Phi) is 4.47. The zero-order chi connectivity index (χ0) is 8.27. The fourth-order valence-electron chi connectivity index (χ4n) is 0.715. The van der Waals surface area contributed by atoms with E-state index in [1.54, 1.807) is 6.20 Å². The molecule has 1 atom stereocenters.